The first kappa shape index (κ1) is 42.4. The fourth-order valence-electron chi connectivity index (χ4n) is 5.39. The van der Waals surface area contributed by atoms with Gasteiger partial charge in [-0.25, -0.2) is 0 Å². The largest absolute Gasteiger partial charge is 0.462 e. The maximum Gasteiger partial charge on any atom is 0.306 e. The zero-order valence-corrected chi connectivity index (χ0v) is 29.6. The molecule has 260 valence electrons. The minimum absolute atomic E-state index is 0.0669. The van der Waals surface area contributed by atoms with Gasteiger partial charge in [-0.2, -0.15) is 0 Å². The van der Waals surface area contributed by atoms with Crippen molar-refractivity contribution >= 4 is 17.9 Å². The smallest absolute Gasteiger partial charge is 0.306 e. The van der Waals surface area contributed by atoms with Gasteiger partial charge < -0.3 is 14.2 Å². The second kappa shape index (κ2) is 32.8. The molecule has 0 aromatic rings. The summed E-state index contributed by atoms with van der Waals surface area (Å²) in [5, 5.41) is 0. The second-order valence-electron chi connectivity index (χ2n) is 13.3. The Kier molecular flexibility index (Phi) is 31.6. The van der Waals surface area contributed by atoms with Crippen LogP contribution in [-0.2, 0) is 28.6 Å². The lowest BCUT2D eigenvalue weighted by molar-refractivity contribution is -0.167. The number of carbonyl (C=O) groups excluding carboxylic acids is 3. The highest BCUT2D eigenvalue weighted by Crippen LogP contribution is 2.15. The van der Waals surface area contributed by atoms with Gasteiger partial charge in [0.25, 0.3) is 0 Å². The molecule has 0 unspecified atom stereocenters. The van der Waals surface area contributed by atoms with Gasteiger partial charge in [-0.05, 0) is 25.2 Å². The van der Waals surface area contributed by atoms with E-state index in [1.54, 1.807) is 0 Å². The molecule has 0 N–H and O–H groups in total. The minimum Gasteiger partial charge on any atom is -0.462 e. The van der Waals surface area contributed by atoms with E-state index >= 15 is 0 Å². The third-order valence-electron chi connectivity index (χ3n) is 8.29. The van der Waals surface area contributed by atoms with Gasteiger partial charge in [-0.1, -0.05) is 163 Å². The molecule has 0 aliphatic heterocycles. The van der Waals surface area contributed by atoms with Crippen molar-refractivity contribution in [3.05, 3.63) is 0 Å². The predicted molar refractivity (Wildman–Crippen MR) is 183 cm³/mol. The standard InChI is InChI=1S/C38H72O6/c1-5-7-9-11-12-14-18-22-25-29-36(39)42-32-35(44-38(41)31-27-20-10-8-6-2)33-43-37(40)30-26-23-19-16-13-15-17-21-24-28-34(3)4/h34-35H,5-33H2,1-4H3/t35-/m1/s1. The molecular weight excluding hydrogens is 552 g/mol. The normalized spacial score (nSPS) is 11.9. The summed E-state index contributed by atoms with van der Waals surface area (Å²) in [6.07, 6.45) is 28.3. The number of unbranched alkanes of at least 4 members (excludes halogenated alkanes) is 20. The SMILES string of the molecule is CCCCCCCCCCCC(=O)OC[C@H](COC(=O)CCCCCCCCCCCC(C)C)OC(=O)CCCCCCC. The van der Waals surface area contributed by atoms with Gasteiger partial charge >= 0.3 is 17.9 Å². The Balaban J connectivity index is 4.23. The molecule has 0 aromatic carbocycles. The highest BCUT2D eigenvalue weighted by atomic mass is 16.6. The van der Waals surface area contributed by atoms with Crippen molar-refractivity contribution in [1.29, 1.82) is 0 Å². The lowest BCUT2D eigenvalue weighted by Crippen LogP contribution is -2.30. The summed E-state index contributed by atoms with van der Waals surface area (Å²) in [6, 6.07) is 0. The number of esters is 3. The molecule has 6 nitrogen and oxygen atoms in total. The summed E-state index contributed by atoms with van der Waals surface area (Å²) in [7, 11) is 0. The van der Waals surface area contributed by atoms with Gasteiger partial charge in [0.05, 0.1) is 0 Å². The van der Waals surface area contributed by atoms with Gasteiger partial charge in [0, 0.05) is 19.3 Å². The number of hydrogen-bond acceptors (Lipinski definition) is 6. The highest BCUT2D eigenvalue weighted by Gasteiger charge is 2.19. The molecule has 0 aromatic heterocycles. The van der Waals surface area contributed by atoms with E-state index in [0.29, 0.717) is 19.3 Å². The first-order chi connectivity index (χ1) is 21.4. The topological polar surface area (TPSA) is 78.9 Å². The molecule has 0 saturated carbocycles. The number of hydrogen-bond donors (Lipinski definition) is 0. The average molecular weight is 625 g/mol. The van der Waals surface area contributed by atoms with Gasteiger partial charge in [0.1, 0.15) is 13.2 Å². The van der Waals surface area contributed by atoms with Crippen LogP contribution in [0.5, 0.6) is 0 Å². The van der Waals surface area contributed by atoms with Crippen LogP contribution < -0.4 is 0 Å². The molecule has 0 heterocycles. The van der Waals surface area contributed by atoms with E-state index in [2.05, 4.69) is 27.7 Å². The quantitative estimate of drug-likeness (QED) is 0.0410. The second-order valence-corrected chi connectivity index (χ2v) is 13.3. The Morgan fingerprint density at radius 2 is 0.750 bits per heavy atom. The molecule has 0 bridgehead atoms. The Labute approximate surface area is 272 Å². The molecule has 0 aliphatic carbocycles. The molecule has 1 atom stereocenters. The minimum atomic E-state index is -0.755. The predicted octanol–water partition coefficient (Wildman–Crippen LogP) is 11.2. The lowest BCUT2D eigenvalue weighted by atomic mass is 10.0. The Morgan fingerprint density at radius 1 is 0.432 bits per heavy atom. The Bertz CT molecular complexity index is 662. The molecule has 0 saturated heterocycles. The van der Waals surface area contributed by atoms with Crippen LogP contribution in [0, 0.1) is 5.92 Å². The third-order valence-corrected chi connectivity index (χ3v) is 8.29. The van der Waals surface area contributed by atoms with Crippen molar-refractivity contribution < 1.29 is 28.6 Å². The molecule has 0 fully saturated rings. The maximum atomic E-state index is 12.4. The third kappa shape index (κ3) is 31.8. The van der Waals surface area contributed by atoms with Crippen molar-refractivity contribution in [3.8, 4) is 0 Å². The molecule has 0 spiro atoms. The van der Waals surface area contributed by atoms with Gasteiger partial charge in [-0.15, -0.1) is 0 Å². The van der Waals surface area contributed by atoms with Gasteiger partial charge in [0.15, 0.2) is 6.10 Å². The zero-order valence-electron chi connectivity index (χ0n) is 29.6. The van der Waals surface area contributed by atoms with Crippen molar-refractivity contribution in [2.45, 2.75) is 207 Å². The average Bonchev–Trinajstić information content (AvgIpc) is 3.00. The number of carbonyl (C=O) groups is 3. The number of rotatable bonds is 33. The van der Waals surface area contributed by atoms with Gasteiger partial charge in [0.2, 0.25) is 0 Å². The van der Waals surface area contributed by atoms with Crippen molar-refractivity contribution in [2.75, 3.05) is 13.2 Å². The highest BCUT2D eigenvalue weighted by molar-refractivity contribution is 5.71. The molecule has 6 heteroatoms. The van der Waals surface area contributed by atoms with Crippen LogP contribution in [0.15, 0.2) is 0 Å². The van der Waals surface area contributed by atoms with E-state index in [1.165, 1.54) is 89.9 Å². The van der Waals surface area contributed by atoms with Crippen LogP contribution in [0.25, 0.3) is 0 Å². The van der Waals surface area contributed by atoms with E-state index in [4.69, 9.17) is 14.2 Å². The van der Waals surface area contributed by atoms with Crippen molar-refractivity contribution in [2.24, 2.45) is 5.92 Å². The first-order valence-electron chi connectivity index (χ1n) is 18.9. The summed E-state index contributed by atoms with van der Waals surface area (Å²) < 4.78 is 16.5. The van der Waals surface area contributed by atoms with Crippen LogP contribution in [0.2, 0.25) is 0 Å². The molecule has 0 rings (SSSR count). The van der Waals surface area contributed by atoms with E-state index in [9.17, 15) is 14.4 Å². The summed E-state index contributed by atoms with van der Waals surface area (Å²) in [4.78, 5) is 37.1. The molecule has 0 radical (unpaired) electrons. The molecule has 0 amide bonds. The summed E-state index contributed by atoms with van der Waals surface area (Å²) >= 11 is 0. The van der Waals surface area contributed by atoms with Crippen LogP contribution in [0.1, 0.15) is 201 Å². The van der Waals surface area contributed by atoms with E-state index < -0.39 is 6.10 Å². The lowest BCUT2D eigenvalue weighted by Gasteiger charge is -2.18. The monoisotopic (exact) mass is 625 g/mol. The van der Waals surface area contributed by atoms with Gasteiger partial charge in [-0.3, -0.25) is 14.4 Å². The molecule has 0 aliphatic rings. The summed E-state index contributed by atoms with van der Waals surface area (Å²) in [6.45, 7) is 8.84. The van der Waals surface area contributed by atoms with Crippen LogP contribution in [0.3, 0.4) is 0 Å². The maximum absolute atomic E-state index is 12.4. The Morgan fingerprint density at radius 3 is 1.11 bits per heavy atom. The summed E-state index contributed by atoms with van der Waals surface area (Å²) in [5.74, 6) is -0.0749. The summed E-state index contributed by atoms with van der Waals surface area (Å²) in [5.41, 5.74) is 0. The van der Waals surface area contributed by atoms with Crippen LogP contribution in [0.4, 0.5) is 0 Å². The number of ether oxygens (including phenoxy) is 3. The Hall–Kier alpha value is -1.59. The zero-order chi connectivity index (χ0) is 32.5. The van der Waals surface area contributed by atoms with Crippen molar-refractivity contribution in [1.82, 2.24) is 0 Å². The van der Waals surface area contributed by atoms with Crippen molar-refractivity contribution in [3.63, 3.8) is 0 Å². The van der Waals surface area contributed by atoms with E-state index in [1.807, 2.05) is 0 Å². The fourth-order valence-corrected chi connectivity index (χ4v) is 5.39. The van der Waals surface area contributed by atoms with Crippen LogP contribution >= 0.6 is 0 Å². The molecule has 44 heavy (non-hydrogen) atoms. The van der Waals surface area contributed by atoms with E-state index in [0.717, 1.165) is 70.1 Å². The van der Waals surface area contributed by atoms with E-state index in [-0.39, 0.29) is 31.1 Å². The van der Waals surface area contributed by atoms with Crippen LogP contribution in [-0.4, -0.2) is 37.2 Å². The first-order valence-corrected chi connectivity index (χ1v) is 18.9. The molecular formula is C38H72O6. The fraction of sp³-hybridized carbons (Fsp3) is 0.921.